The van der Waals surface area contributed by atoms with Gasteiger partial charge in [0.15, 0.2) is 0 Å². The highest BCUT2D eigenvalue weighted by Gasteiger charge is 2.20. The Hall–Kier alpha value is -1.88. The molecule has 0 aliphatic rings. The molecule has 1 unspecified atom stereocenters. The van der Waals surface area contributed by atoms with Crippen molar-refractivity contribution < 1.29 is 14.8 Å². The fourth-order valence-corrected chi connectivity index (χ4v) is 1.15. The Bertz CT molecular complexity index is 365. The van der Waals surface area contributed by atoms with Crippen LogP contribution in [-0.4, -0.2) is 17.0 Å². The van der Waals surface area contributed by atoms with Gasteiger partial charge in [-0.25, -0.2) is 5.48 Å². The van der Waals surface area contributed by atoms with E-state index in [1.165, 1.54) is 12.4 Å². The van der Waals surface area contributed by atoms with Crippen molar-refractivity contribution in [2.24, 2.45) is 5.92 Å². The molecule has 1 atom stereocenters. The lowest BCUT2D eigenvalue weighted by Crippen LogP contribution is -2.38. The standard InChI is InChI=1S/C11H14N2O3/c1-8(11(15)13-16)10(14)12-7-9-5-3-2-4-6-9/h2-6,8,16H,7H2,1H3,(H,12,14)(H,13,15). The summed E-state index contributed by atoms with van der Waals surface area (Å²) in [5.74, 6) is -2.05. The quantitative estimate of drug-likeness (QED) is 0.393. The second kappa shape index (κ2) is 5.87. The molecular weight excluding hydrogens is 208 g/mol. The molecule has 1 aromatic carbocycles. The van der Waals surface area contributed by atoms with E-state index in [2.05, 4.69) is 5.32 Å². The predicted octanol–water partition coefficient (Wildman–Crippen LogP) is 0.444. The van der Waals surface area contributed by atoms with Gasteiger partial charge < -0.3 is 5.32 Å². The molecule has 0 heterocycles. The fraction of sp³-hybridized carbons (Fsp3) is 0.273. The minimum Gasteiger partial charge on any atom is -0.351 e. The second-order valence-electron chi connectivity index (χ2n) is 3.40. The molecule has 1 rings (SSSR count). The van der Waals surface area contributed by atoms with Crippen LogP contribution in [0.15, 0.2) is 30.3 Å². The zero-order chi connectivity index (χ0) is 12.0. The number of rotatable bonds is 4. The smallest absolute Gasteiger partial charge is 0.255 e. The molecule has 2 amide bonds. The molecule has 0 aliphatic heterocycles. The molecule has 0 aromatic heterocycles. The largest absolute Gasteiger partial charge is 0.351 e. The summed E-state index contributed by atoms with van der Waals surface area (Å²) in [6, 6.07) is 9.36. The van der Waals surface area contributed by atoms with Crippen molar-refractivity contribution in [1.82, 2.24) is 10.8 Å². The average Bonchev–Trinajstić information content (AvgIpc) is 2.35. The van der Waals surface area contributed by atoms with Crippen LogP contribution in [0.2, 0.25) is 0 Å². The molecule has 0 bridgehead atoms. The van der Waals surface area contributed by atoms with Gasteiger partial charge in [-0.2, -0.15) is 0 Å². The maximum Gasteiger partial charge on any atom is 0.255 e. The normalized spacial score (nSPS) is 11.6. The van der Waals surface area contributed by atoms with Gasteiger partial charge in [-0.3, -0.25) is 14.8 Å². The summed E-state index contributed by atoms with van der Waals surface area (Å²) >= 11 is 0. The summed E-state index contributed by atoms with van der Waals surface area (Å²) in [7, 11) is 0. The Kier molecular flexibility index (Phi) is 4.47. The van der Waals surface area contributed by atoms with E-state index in [-0.39, 0.29) is 0 Å². The molecule has 3 N–H and O–H groups in total. The monoisotopic (exact) mass is 222 g/mol. The van der Waals surface area contributed by atoms with Crippen molar-refractivity contribution in [1.29, 1.82) is 0 Å². The van der Waals surface area contributed by atoms with Crippen molar-refractivity contribution in [3.63, 3.8) is 0 Å². The zero-order valence-corrected chi connectivity index (χ0v) is 8.93. The summed E-state index contributed by atoms with van der Waals surface area (Å²) in [6.07, 6.45) is 0. The first-order valence-electron chi connectivity index (χ1n) is 4.90. The summed E-state index contributed by atoms with van der Waals surface area (Å²) in [6.45, 7) is 1.79. The molecule has 16 heavy (non-hydrogen) atoms. The van der Waals surface area contributed by atoms with Crippen LogP contribution < -0.4 is 10.8 Å². The van der Waals surface area contributed by atoms with Crippen molar-refractivity contribution >= 4 is 11.8 Å². The third-order valence-corrected chi connectivity index (χ3v) is 2.21. The van der Waals surface area contributed by atoms with Crippen LogP contribution >= 0.6 is 0 Å². The average molecular weight is 222 g/mol. The SMILES string of the molecule is CC(C(=O)NO)C(=O)NCc1ccccc1. The van der Waals surface area contributed by atoms with E-state index >= 15 is 0 Å². The number of hydrogen-bond acceptors (Lipinski definition) is 3. The Morgan fingerprint density at radius 1 is 1.25 bits per heavy atom. The van der Waals surface area contributed by atoms with Crippen LogP contribution in [0.25, 0.3) is 0 Å². The van der Waals surface area contributed by atoms with E-state index < -0.39 is 17.7 Å². The number of nitrogens with one attached hydrogen (secondary N) is 2. The Balaban J connectivity index is 2.44. The van der Waals surface area contributed by atoms with Gasteiger partial charge in [-0.15, -0.1) is 0 Å². The van der Waals surface area contributed by atoms with E-state index in [1.54, 1.807) is 0 Å². The van der Waals surface area contributed by atoms with Gasteiger partial charge in [-0.05, 0) is 12.5 Å². The Morgan fingerprint density at radius 2 is 1.88 bits per heavy atom. The molecule has 86 valence electrons. The predicted molar refractivity (Wildman–Crippen MR) is 57.4 cm³/mol. The van der Waals surface area contributed by atoms with Crippen LogP contribution in [0.5, 0.6) is 0 Å². The molecule has 0 fully saturated rings. The maximum atomic E-state index is 11.4. The van der Waals surface area contributed by atoms with Gasteiger partial charge in [0.05, 0.1) is 0 Å². The third kappa shape index (κ3) is 3.36. The fourth-order valence-electron chi connectivity index (χ4n) is 1.15. The van der Waals surface area contributed by atoms with E-state index in [0.717, 1.165) is 5.56 Å². The molecular formula is C11H14N2O3. The van der Waals surface area contributed by atoms with Crippen molar-refractivity contribution in [2.75, 3.05) is 0 Å². The van der Waals surface area contributed by atoms with Crippen LogP contribution in [0.4, 0.5) is 0 Å². The molecule has 0 spiro atoms. The van der Waals surface area contributed by atoms with E-state index in [4.69, 9.17) is 5.21 Å². The van der Waals surface area contributed by atoms with Gasteiger partial charge in [0.25, 0.3) is 5.91 Å². The first kappa shape index (κ1) is 12.2. The summed E-state index contributed by atoms with van der Waals surface area (Å²) in [4.78, 5) is 22.4. The van der Waals surface area contributed by atoms with Crippen molar-refractivity contribution in [3.8, 4) is 0 Å². The number of hydroxylamine groups is 1. The van der Waals surface area contributed by atoms with Gasteiger partial charge in [0.1, 0.15) is 5.92 Å². The van der Waals surface area contributed by atoms with E-state index in [1.807, 2.05) is 30.3 Å². The highest BCUT2D eigenvalue weighted by molar-refractivity contribution is 5.99. The number of carbonyl (C=O) groups excluding carboxylic acids is 2. The molecule has 0 aliphatic carbocycles. The number of amides is 2. The van der Waals surface area contributed by atoms with Crippen LogP contribution in [0, 0.1) is 5.92 Å². The maximum absolute atomic E-state index is 11.4. The topological polar surface area (TPSA) is 78.4 Å². The minimum absolute atomic E-state index is 0.364. The Labute approximate surface area is 93.4 Å². The molecule has 1 aromatic rings. The van der Waals surface area contributed by atoms with E-state index in [9.17, 15) is 9.59 Å². The van der Waals surface area contributed by atoms with Crippen molar-refractivity contribution in [3.05, 3.63) is 35.9 Å². The highest BCUT2D eigenvalue weighted by Crippen LogP contribution is 1.99. The Morgan fingerprint density at radius 3 is 2.44 bits per heavy atom. The molecule has 0 saturated carbocycles. The summed E-state index contributed by atoms with van der Waals surface area (Å²) in [5, 5.41) is 11.0. The van der Waals surface area contributed by atoms with Gasteiger partial charge in [-0.1, -0.05) is 30.3 Å². The molecule has 0 saturated heterocycles. The molecule has 5 nitrogen and oxygen atoms in total. The number of benzene rings is 1. The molecule has 5 heteroatoms. The van der Waals surface area contributed by atoms with Crippen LogP contribution in [0.3, 0.4) is 0 Å². The first-order chi connectivity index (χ1) is 7.65. The van der Waals surface area contributed by atoms with Crippen LogP contribution in [-0.2, 0) is 16.1 Å². The lowest BCUT2D eigenvalue weighted by molar-refractivity contribution is -0.139. The minimum atomic E-state index is -0.909. The summed E-state index contributed by atoms with van der Waals surface area (Å²) < 4.78 is 0. The highest BCUT2D eigenvalue weighted by atomic mass is 16.5. The first-order valence-corrected chi connectivity index (χ1v) is 4.90. The number of carbonyl (C=O) groups is 2. The number of hydrogen-bond donors (Lipinski definition) is 3. The van der Waals surface area contributed by atoms with Gasteiger partial charge >= 0.3 is 0 Å². The second-order valence-corrected chi connectivity index (χ2v) is 3.40. The lowest BCUT2D eigenvalue weighted by Gasteiger charge is -2.10. The lowest BCUT2D eigenvalue weighted by atomic mass is 10.1. The molecule has 0 radical (unpaired) electrons. The van der Waals surface area contributed by atoms with E-state index in [0.29, 0.717) is 6.54 Å². The van der Waals surface area contributed by atoms with Crippen LogP contribution in [0.1, 0.15) is 12.5 Å². The van der Waals surface area contributed by atoms with Gasteiger partial charge in [0, 0.05) is 6.54 Å². The zero-order valence-electron chi connectivity index (χ0n) is 8.93. The van der Waals surface area contributed by atoms with Gasteiger partial charge in [0.2, 0.25) is 5.91 Å². The summed E-state index contributed by atoms with van der Waals surface area (Å²) in [5.41, 5.74) is 2.40. The van der Waals surface area contributed by atoms with Crippen molar-refractivity contribution in [2.45, 2.75) is 13.5 Å². The third-order valence-electron chi connectivity index (χ3n) is 2.21.